The van der Waals surface area contributed by atoms with Gasteiger partial charge in [0.2, 0.25) is 0 Å². The van der Waals surface area contributed by atoms with Gasteiger partial charge in [0.1, 0.15) is 28.8 Å². The van der Waals surface area contributed by atoms with E-state index in [1.54, 1.807) is 0 Å². The molecule has 298 valence electrons. The van der Waals surface area contributed by atoms with Gasteiger partial charge in [-0.3, -0.25) is 9.59 Å². The van der Waals surface area contributed by atoms with Gasteiger partial charge in [0.15, 0.2) is 5.57 Å². The second-order valence-electron chi connectivity index (χ2n) is 15.7. The van der Waals surface area contributed by atoms with Gasteiger partial charge in [0, 0.05) is 12.8 Å². The average molecular weight is 776 g/mol. The van der Waals surface area contributed by atoms with E-state index < -0.39 is 17.2 Å². The number of carbonyl (C=O) groups is 3. The van der Waals surface area contributed by atoms with Crippen LogP contribution in [-0.4, -0.2) is 49.4 Å². The number of hydrogen-bond donors (Lipinski definition) is 0. The zero-order valence-corrected chi connectivity index (χ0v) is 35.4. The van der Waals surface area contributed by atoms with Crippen molar-refractivity contribution in [1.82, 2.24) is 0 Å². The molecule has 0 amide bonds. The topological polar surface area (TPSA) is 121 Å². The van der Waals surface area contributed by atoms with Crippen LogP contribution < -0.4 is 9.47 Å². The van der Waals surface area contributed by atoms with Crippen LogP contribution in [0.1, 0.15) is 163 Å². The Bertz CT molecular complexity index is 1390. The van der Waals surface area contributed by atoms with Crippen LogP contribution in [0.3, 0.4) is 0 Å². The maximum atomic E-state index is 12.4. The van der Waals surface area contributed by atoms with Crippen LogP contribution in [0.2, 0.25) is 0 Å². The minimum absolute atomic E-state index is 0.0112. The summed E-state index contributed by atoms with van der Waals surface area (Å²) in [5.41, 5.74) is 0.110. The third kappa shape index (κ3) is 19.4. The lowest BCUT2D eigenvalue weighted by molar-refractivity contribution is -0.156. The van der Waals surface area contributed by atoms with Gasteiger partial charge in [-0.1, -0.05) is 101 Å². The molecule has 0 fully saturated rings. The van der Waals surface area contributed by atoms with Crippen molar-refractivity contribution in [1.29, 1.82) is 5.26 Å². The molecule has 0 saturated heterocycles. The number of rotatable bonds is 25. The number of ether oxygens (including phenoxy) is 5. The molecule has 0 atom stereocenters. The van der Waals surface area contributed by atoms with E-state index in [4.69, 9.17) is 23.7 Å². The summed E-state index contributed by atoms with van der Waals surface area (Å²) < 4.78 is 28.9. The highest BCUT2D eigenvalue weighted by atomic mass is 32.2. The highest BCUT2D eigenvalue weighted by Gasteiger charge is 2.32. The van der Waals surface area contributed by atoms with Gasteiger partial charge in [-0.15, -0.1) is 0 Å². The summed E-state index contributed by atoms with van der Waals surface area (Å²) in [6, 6.07) is 4.03. The Morgan fingerprint density at radius 2 is 1.06 bits per heavy atom. The standard InChI is InChI=1S/C42H65NO8S2/c1-31-29-33(48-27-23-19-15-11-9-13-17-21-25-34(44)50-41(2,3)4)37-38(53-40(52-37)32(30-43)39(46)47-8)36(31)49-28-24-20-16-12-10-14-18-22-26-35(45)51-42(5,6)7/h29H,9-28H2,1-8H3/b40-32-. The molecule has 0 aromatic heterocycles. The Labute approximate surface area is 328 Å². The number of unbranched alkanes of at least 4 members (excludes halogenated alkanes) is 14. The van der Waals surface area contributed by atoms with Crippen molar-refractivity contribution in [3.63, 3.8) is 0 Å². The summed E-state index contributed by atoms with van der Waals surface area (Å²) >= 11 is 2.74. The Hall–Kier alpha value is -2.84. The van der Waals surface area contributed by atoms with Crippen LogP contribution in [-0.2, 0) is 28.6 Å². The zero-order chi connectivity index (χ0) is 39.3. The van der Waals surface area contributed by atoms with Gasteiger partial charge in [0.25, 0.3) is 0 Å². The second-order valence-corrected chi connectivity index (χ2v) is 18.0. The SMILES string of the molecule is COC(=O)/C(C#N)=C1/Sc2c(OCCCCCCCCCCC(=O)OC(C)(C)C)cc(C)c(OCCCCCCCCCCC(=O)OC(C)(C)C)c2S1. The minimum atomic E-state index is -0.650. The van der Waals surface area contributed by atoms with E-state index in [1.807, 2.05) is 60.6 Å². The van der Waals surface area contributed by atoms with Gasteiger partial charge in [0.05, 0.1) is 34.4 Å². The van der Waals surface area contributed by atoms with Crippen molar-refractivity contribution in [2.24, 2.45) is 0 Å². The van der Waals surface area contributed by atoms with Crippen molar-refractivity contribution < 1.29 is 38.1 Å². The molecule has 1 aliphatic heterocycles. The van der Waals surface area contributed by atoms with E-state index in [9.17, 15) is 19.6 Å². The number of carbonyl (C=O) groups excluding carboxylic acids is 3. The lowest BCUT2D eigenvalue weighted by Crippen LogP contribution is -2.23. The van der Waals surface area contributed by atoms with Crippen molar-refractivity contribution in [3.8, 4) is 17.6 Å². The fraction of sp³-hybridized carbons (Fsp3) is 0.714. The first kappa shape index (κ1) is 46.3. The van der Waals surface area contributed by atoms with Crippen LogP contribution in [0, 0.1) is 18.3 Å². The second kappa shape index (κ2) is 24.5. The first-order chi connectivity index (χ1) is 25.1. The van der Waals surface area contributed by atoms with Crippen LogP contribution in [0.15, 0.2) is 25.7 Å². The van der Waals surface area contributed by atoms with Crippen molar-refractivity contribution in [2.75, 3.05) is 20.3 Å². The van der Waals surface area contributed by atoms with Crippen LogP contribution >= 0.6 is 23.5 Å². The van der Waals surface area contributed by atoms with E-state index in [-0.39, 0.29) is 17.5 Å². The molecule has 1 aromatic carbocycles. The number of esters is 3. The lowest BCUT2D eigenvalue weighted by Gasteiger charge is -2.19. The number of fused-ring (bicyclic) bond motifs is 1. The predicted octanol–water partition coefficient (Wildman–Crippen LogP) is 11.6. The summed E-state index contributed by atoms with van der Waals surface area (Å²) in [4.78, 5) is 37.8. The highest BCUT2D eigenvalue weighted by Crippen LogP contribution is 2.59. The third-order valence-corrected chi connectivity index (χ3v) is 10.9. The molecule has 53 heavy (non-hydrogen) atoms. The van der Waals surface area contributed by atoms with Crippen LogP contribution in [0.4, 0.5) is 0 Å². The van der Waals surface area contributed by atoms with Crippen LogP contribution in [0.5, 0.6) is 11.5 Å². The molecule has 1 heterocycles. The van der Waals surface area contributed by atoms with Crippen molar-refractivity contribution in [3.05, 3.63) is 21.4 Å². The van der Waals surface area contributed by atoms with E-state index in [1.165, 1.54) is 30.6 Å². The van der Waals surface area contributed by atoms with Crippen LogP contribution in [0.25, 0.3) is 0 Å². The Balaban J connectivity index is 1.79. The number of nitrogens with zero attached hydrogens (tertiary/aromatic N) is 1. The minimum Gasteiger partial charge on any atom is -0.492 e. The summed E-state index contributed by atoms with van der Waals surface area (Å²) in [6.45, 7) is 14.6. The summed E-state index contributed by atoms with van der Waals surface area (Å²) in [7, 11) is 1.28. The van der Waals surface area contributed by atoms with E-state index in [2.05, 4.69) is 0 Å². The van der Waals surface area contributed by atoms with E-state index in [0.29, 0.717) is 30.3 Å². The van der Waals surface area contributed by atoms with Gasteiger partial charge in [-0.2, -0.15) is 5.26 Å². The molecule has 0 radical (unpaired) electrons. The van der Waals surface area contributed by atoms with Crippen molar-refractivity contribution >= 4 is 41.4 Å². The van der Waals surface area contributed by atoms with Crippen molar-refractivity contribution in [2.45, 2.75) is 185 Å². The third-order valence-electron chi connectivity index (χ3n) is 8.33. The summed E-state index contributed by atoms with van der Waals surface area (Å²) in [5.74, 6) is 0.647. The maximum Gasteiger partial charge on any atom is 0.350 e. The number of methoxy groups -OCH3 is 1. The molecule has 0 unspecified atom stereocenters. The number of aryl methyl sites for hydroxylation is 1. The van der Waals surface area contributed by atoms with E-state index >= 15 is 0 Å². The van der Waals surface area contributed by atoms with Gasteiger partial charge in [-0.05, 0) is 85.8 Å². The number of thioether (sulfide) groups is 2. The summed E-state index contributed by atoms with van der Waals surface area (Å²) in [6.07, 6.45) is 18.0. The Morgan fingerprint density at radius 3 is 1.49 bits per heavy atom. The quantitative estimate of drug-likeness (QED) is 0.0310. The van der Waals surface area contributed by atoms with Gasteiger partial charge in [-0.25, -0.2) is 4.79 Å². The normalized spacial score (nSPS) is 13.6. The fourth-order valence-corrected chi connectivity index (χ4v) is 8.45. The molecule has 0 aliphatic carbocycles. The molecular formula is C42H65NO8S2. The molecule has 1 aromatic rings. The average Bonchev–Trinajstić information content (AvgIpc) is 3.50. The maximum absolute atomic E-state index is 12.4. The molecule has 9 nitrogen and oxygen atoms in total. The molecule has 11 heteroatoms. The monoisotopic (exact) mass is 775 g/mol. The van der Waals surface area contributed by atoms with Gasteiger partial charge < -0.3 is 23.7 Å². The first-order valence-corrected chi connectivity index (χ1v) is 21.2. The number of nitriles is 1. The molecule has 2 rings (SSSR count). The Kier molecular flexibility index (Phi) is 21.4. The molecule has 1 aliphatic rings. The summed E-state index contributed by atoms with van der Waals surface area (Å²) in [5, 5.41) is 9.75. The number of benzene rings is 1. The first-order valence-electron chi connectivity index (χ1n) is 19.6. The number of hydrogen-bond acceptors (Lipinski definition) is 11. The molecular weight excluding hydrogens is 711 g/mol. The lowest BCUT2D eigenvalue weighted by atomic mass is 10.1. The Morgan fingerprint density at radius 1 is 0.642 bits per heavy atom. The molecule has 0 spiro atoms. The molecule has 0 saturated carbocycles. The zero-order valence-electron chi connectivity index (χ0n) is 33.7. The predicted molar refractivity (Wildman–Crippen MR) is 213 cm³/mol. The van der Waals surface area contributed by atoms with E-state index in [0.717, 1.165) is 130 Å². The van der Waals surface area contributed by atoms with Gasteiger partial charge >= 0.3 is 17.9 Å². The highest BCUT2D eigenvalue weighted by molar-refractivity contribution is 8.24. The molecule has 0 N–H and O–H groups in total. The fourth-order valence-electron chi connectivity index (χ4n) is 5.79. The molecule has 0 bridgehead atoms. The smallest absolute Gasteiger partial charge is 0.350 e. The largest absolute Gasteiger partial charge is 0.492 e.